The summed E-state index contributed by atoms with van der Waals surface area (Å²) in [5.41, 5.74) is 0. The van der Waals surface area contributed by atoms with Gasteiger partial charge in [0.15, 0.2) is 0 Å². The van der Waals surface area contributed by atoms with Crippen LogP contribution in [0.15, 0.2) is 0 Å². The number of hydrogen-bond acceptors (Lipinski definition) is 3. The molecule has 0 radical (unpaired) electrons. The number of ether oxygens (including phenoxy) is 2. The Kier molecular flexibility index (Phi) is 8.40. The van der Waals surface area contributed by atoms with Gasteiger partial charge in [-0.25, -0.2) is 0 Å². The average molecular weight is 189 g/mol. The Balaban J connectivity index is 3.37. The Bertz CT molecular complexity index is 109. The predicted octanol–water partition coefficient (Wildman–Crippen LogP) is 1.28. The maximum atomic E-state index is 5.22. The molecule has 0 rings (SSSR count). The molecule has 2 atom stereocenters. The number of rotatable bonds is 8. The molecule has 3 nitrogen and oxygen atoms in total. The molecule has 3 heteroatoms. The van der Waals surface area contributed by atoms with Crippen molar-refractivity contribution in [2.24, 2.45) is 5.92 Å². The van der Waals surface area contributed by atoms with Crippen LogP contribution in [0.3, 0.4) is 0 Å². The zero-order valence-corrected chi connectivity index (χ0v) is 9.30. The number of methoxy groups -OCH3 is 2. The van der Waals surface area contributed by atoms with E-state index in [1.807, 2.05) is 0 Å². The minimum Gasteiger partial charge on any atom is -0.382 e. The molecule has 0 aromatic rings. The summed E-state index contributed by atoms with van der Waals surface area (Å²) >= 11 is 0. The van der Waals surface area contributed by atoms with E-state index in [-0.39, 0.29) is 6.10 Å². The molecule has 1 N–H and O–H groups in total. The molecule has 0 aliphatic rings. The SMILES string of the molecule is CCC(C)CNCC(COC)OC. The summed E-state index contributed by atoms with van der Waals surface area (Å²) in [5, 5.41) is 3.37. The van der Waals surface area contributed by atoms with Gasteiger partial charge in [-0.1, -0.05) is 20.3 Å². The third-order valence-electron chi connectivity index (χ3n) is 2.25. The van der Waals surface area contributed by atoms with Crippen molar-refractivity contribution in [2.45, 2.75) is 26.4 Å². The van der Waals surface area contributed by atoms with Crippen LogP contribution in [0, 0.1) is 5.92 Å². The Morgan fingerprint density at radius 3 is 2.38 bits per heavy atom. The van der Waals surface area contributed by atoms with Crippen molar-refractivity contribution in [3.8, 4) is 0 Å². The largest absolute Gasteiger partial charge is 0.382 e. The molecule has 0 saturated heterocycles. The molecule has 0 bridgehead atoms. The maximum Gasteiger partial charge on any atom is 0.0928 e. The van der Waals surface area contributed by atoms with E-state index in [1.165, 1.54) is 6.42 Å². The normalized spacial score (nSPS) is 15.7. The van der Waals surface area contributed by atoms with Crippen LogP contribution in [0.5, 0.6) is 0 Å². The molecule has 0 saturated carbocycles. The third kappa shape index (κ3) is 6.99. The summed E-state index contributed by atoms with van der Waals surface area (Å²) in [4.78, 5) is 0. The molecular formula is C10H23NO2. The van der Waals surface area contributed by atoms with E-state index in [9.17, 15) is 0 Å². The second-order valence-electron chi connectivity index (χ2n) is 3.48. The molecule has 0 spiro atoms. The van der Waals surface area contributed by atoms with E-state index in [4.69, 9.17) is 9.47 Å². The van der Waals surface area contributed by atoms with E-state index in [2.05, 4.69) is 19.2 Å². The molecular weight excluding hydrogens is 166 g/mol. The van der Waals surface area contributed by atoms with Gasteiger partial charge in [-0.05, 0) is 12.5 Å². The number of nitrogens with one attached hydrogen (secondary N) is 1. The van der Waals surface area contributed by atoms with Crippen LogP contribution in [-0.4, -0.2) is 40.0 Å². The van der Waals surface area contributed by atoms with Crippen molar-refractivity contribution in [1.82, 2.24) is 5.32 Å². The van der Waals surface area contributed by atoms with Crippen LogP contribution in [-0.2, 0) is 9.47 Å². The Hall–Kier alpha value is -0.120. The predicted molar refractivity (Wildman–Crippen MR) is 55.0 cm³/mol. The molecule has 80 valence electrons. The molecule has 0 aromatic heterocycles. The van der Waals surface area contributed by atoms with Crippen LogP contribution in [0.25, 0.3) is 0 Å². The van der Waals surface area contributed by atoms with Crippen molar-refractivity contribution in [3.05, 3.63) is 0 Å². The van der Waals surface area contributed by atoms with Gasteiger partial charge < -0.3 is 14.8 Å². The van der Waals surface area contributed by atoms with Gasteiger partial charge in [0.2, 0.25) is 0 Å². The van der Waals surface area contributed by atoms with Crippen molar-refractivity contribution in [2.75, 3.05) is 33.9 Å². The van der Waals surface area contributed by atoms with Gasteiger partial charge in [-0.15, -0.1) is 0 Å². The van der Waals surface area contributed by atoms with Crippen molar-refractivity contribution >= 4 is 0 Å². The first-order valence-electron chi connectivity index (χ1n) is 4.97. The monoisotopic (exact) mass is 189 g/mol. The fourth-order valence-corrected chi connectivity index (χ4v) is 1.03. The first-order chi connectivity index (χ1) is 6.24. The highest BCUT2D eigenvalue weighted by Gasteiger charge is 2.06. The highest BCUT2D eigenvalue weighted by Crippen LogP contribution is 1.97. The summed E-state index contributed by atoms with van der Waals surface area (Å²) in [6.07, 6.45) is 1.39. The zero-order chi connectivity index (χ0) is 10.1. The topological polar surface area (TPSA) is 30.5 Å². The Labute approximate surface area is 81.8 Å². The summed E-state index contributed by atoms with van der Waals surface area (Å²) in [6.45, 7) is 7.03. The highest BCUT2D eigenvalue weighted by molar-refractivity contribution is 4.62. The maximum absolute atomic E-state index is 5.22. The lowest BCUT2D eigenvalue weighted by molar-refractivity contribution is 0.0286. The Morgan fingerprint density at radius 2 is 1.92 bits per heavy atom. The standard InChI is InChI=1S/C10H23NO2/c1-5-9(2)6-11-7-10(13-4)8-12-3/h9-11H,5-8H2,1-4H3. The van der Waals surface area contributed by atoms with Gasteiger partial charge in [0, 0.05) is 20.8 Å². The van der Waals surface area contributed by atoms with Gasteiger partial charge in [0.05, 0.1) is 12.7 Å². The van der Waals surface area contributed by atoms with E-state index < -0.39 is 0 Å². The van der Waals surface area contributed by atoms with Gasteiger partial charge in [-0.2, -0.15) is 0 Å². The van der Waals surface area contributed by atoms with Gasteiger partial charge in [0.1, 0.15) is 0 Å². The van der Waals surface area contributed by atoms with Crippen molar-refractivity contribution in [3.63, 3.8) is 0 Å². The second kappa shape index (κ2) is 8.48. The van der Waals surface area contributed by atoms with Crippen LogP contribution in [0.1, 0.15) is 20.3 Å². The summed E-state index contributed by atoms with van der Waals surface area (Å²) in [6, 6.07) is 0. The van der Waals surface area contributed by atoms with Crippen LogP contribution < -0.4 is 5.32 Å². The molecule has 0 heterocycles. The Morgan fingerprint density at radius 1 is 1.23 bits per heavy atom. The molecule has 0 fully saturated rings. The number of hydrogen-bond donors (Lipinski definition) is 1. The van der Waals surface area contributed by atoms with E-state index in [0.717, 1.165) is 19.0 Å². The van der Waals surface area contributed by atoms with E-state index in [1.54, 1.807) is 14.2 Å². The highest BCUT2D eigenvalue weighted by atomic mass is 16.5. The van der Waals surface area contributed by atoms with Crippen LogP contribution in [0.4, 0.5) is 0 Å². The minimum atomic E-state index is 0.175. The summed E-state index contributed by atoms with van der Waals surface area (Å²) in [7, 11) is 3.41. The van der Waals surface area contributed by atoms with Gasteiger partial charge >= 0.3 is 0 Å². The third-order valence-corrected chi connectivity index (χ3v) is 2.25. The minimum absolute atomic E-state index is 0.175. The molecule has 13 heavy (non-hydrogen) atoms. The first-order valence-corrected chi connectivity index (χ1v) is 4.97. The van der Waals surface area contributed by atoms with E-state index >= 15 is 0 Å². The second-order valence-corrected chi connectivity index (χ2v) is 3.48. The fourth-order valence-electron chi connectivity index (χ4n) is 1.03. The molecule has 0 aromatic carbocycles. The van der Waals surface area contributed by atoms with Crippen molar-refractivity contribution < 1.29 is 9.47 Å². The van der Waals surface area contributed by atoms with Gasteiger partial charge in [0.25, 0.3) is 0 Å². The fraction of sp³-hybridized carbons (Fsp3) is 1.00. The smallest absolute Gasteiger partial charge is 0.0928 e. The van der Waals surface area contributed by atoms with Crippen LogP contribution in [0.2, 0.25) is 0 Å². The molecule has 2 unspecified atom stereocenters. The lowest BCUT2D eigenvalue weighted by atomic mass is 10.1. The lowest BCUT2D eigenvalue weighted by Gasteiger charge is -2.16. The molecule has 0 aliphatic carbocycles. The molecule has 0 amide bonds. The van der Waals surface area contributed by atoms with Gasteiger partial charge in [-0.3, -0.25) is 0 Å². The average Bonchev–Trinajstić information content (AvgIpc) is 2.16. The van der Waals surface area contributed by atoms with E-state index in [0.29, 0.717) is 6.61 Å². The lowest BCUT2D eigenvalue weighted by Crippen LogP contribution is -2.34. The summed E-state index contributed by atoms with van der Waals surface area (Å²) in [5.74, 6) is 0.736. The first kappa shape index (κ1) is 12.9. The quantitative estimate of drug-likeness (QED) is 0.624. The van der Waals surface area contributed by atoms with Crippen molar-refractivity contribution in [1.29, 1.82) is 0 Å². The zero-order valence-electron chi connectivity index (χ0n) is 9.30. The molecule has 0 aliphatic heterocycles. The summed E-state index contributed by atoms with van der Waals surface area (Å²) < 4.78 is 10.2. The van der Waals surface area contributed by atoms with Crippen LogP contribution >= 0.6 is 0 Å².